The van der Waals surface area contributed by atoms with Crippen molar-refractivity contribution in [3.63, 3.8) is 0 Å². The minimum absolute atomic E-state index is 0.368. The van der Waals surface area contributed by atoms with E-state index in [4.69, 9.17) is 14.7 Å². The average Bonchev–Trinajstić information content (AvgIpc) is 2.79. The van der Waals surface area contributed by atoms with Crippen LogP contribution in [0.4, 0.5) is 0 Å². The fraction of sp³-hybridized carbons (Fsp3) is 0.846. The van der Waals surface area contributed by atoms with Gasteiger partial charge in [0.25, 0.3) is 0 Å². The Kier molecular flexibility index (Phi) is 8.00. The zero-order chi connectivity index (χ0) is 21.8. The molecule has 3 fully saturated rings. The second kappa shape index (κ2) is 10.7. The van der Waals surface area contributed by atoms with E-state index in [0.29, 0.717) is 24.0 Å². The van der Waals surface area contributed by atoms with Crippen molar-refractivity contribution in [2.24, 2.45) is 0 Å². The van der Waals surface area contributed by atoms with Gasteiger partial charge in [-0.2, -0.15) is 0 Å². The molecule has 2 saturated heterocycles. The molecule has 0 atom stereocenters. The first-order chi connectivity index (χ1) is 15.0. The molecule has 174 valence electrons. The summed E-state index contributed by atoms with van der Waals surface area (Å²) >= 11 is 0. The second-order valence-electron chi connectivity index (χ2n) is 10.7. The number of hydrogen-bond acceptors (Lipinski definition) is 5. The van der Waals surface area contributed by atoms with Crippen LogP contribution in [0.5, 0.6) is 0 Å². The topological polar surface area (TPSA) is 41.5 Å². The van der Waals surface area contributed by atoms with Gasteiger partial charge in [-0.3, -0.25) is 0 Å². The molecule has 3 heterocycles. The van der Waals surface area contributed by atoms with E-state index in [1.165, 1.54) is 83.1 Å². The molecule has 5 nitrogen and oxygen atoms in total. The molecule has 0 aromatic carbocycles. The van der Waals surface area contributed by atoms with Crippen molar-refractivity contribution in [3.8, 4) is 0 Å². The highest BCUT2D eigenvalue weighted by molar-refractivity contribution is 5.11. The molecule has 1 saturated carbocycles. The van der Waals surface area contributed by atoms with Gasteiger partial charge in [0.2, 0.25) is 0 Å². The highest BCUT2D eigenvalue weighted by atomic mass is 16.5. The van der Waals surface area contributed by atoms with Gasteiger partial charge < -0.3 is 14.5 Å². The molecule has 0 N–H and O–H groups in total. The maximum absolute atomic E-state index is 6.05. The van der Waals surface area contributed by atoms with Gasteiger partial charge in [-0.05, 0) is 103 Å². The Morgan fingerprint density at radius 2 is 1.26 bits per heavy atom. The lowest BCUT2D eigenvalue weighted by Crippen LogP contribution is -2.50. The third kappa shape index (κ3) is 6.06. The molecule has 1 aliphatic carbocycles. The number of ether oxygens (including phenoxy) is 1. The van der Waals surface area contributed by atoms with Crippen molar-refractivity contribution in [2.75, 3.05) is 26.2 Å². The summed E-state index contributed by atoms with van der Waals surface area (Å²) in [6.45, 7) is 13.7. The van der Waals surface area contributed by atoms with Crippen LogP contribution >= 0.6 is 0 Å². The van der Waals surface area contributed by atoms with Gasteiger partial charge >= 0.3 is 0 Å². The molecule has 0 amide bonds. The quantitative estimate of drug-likeness (QED) is 0.639. The van der Waals surface area contributed by atoms with Crippen molar-refractivity contribution in [1.29, 1.82) is 0 Å². The van der Waals surface area contributed by atoms with E-state index in [9.17, 15) is 0 Å². The number of likely N-dealkylation sites (tertiary alicyclic amines) is 2. The van der Waals surface area contributed by atoms with E-state index < -0.39 is 0 Å². The number of nitrogens with zero attached hydrogens (tertiary/aromatic N) is 4. The van der Waals surface area contributed by atoms with Gasteiger partial charge in [0.15, 0.2) is 0 Å². The molecule has 1 aromatic rings. The van der Waals surface area contributed by atoms with Crippen LogP contribution in [-0.2, 0) is 4.74 Å². The van der Waals surface area contributed by atoms with Gasteiger partial charge in [0.1, 0.15) is 5.82 Å². The Bertz CT molecular complexity index is 652. The summed E-state index contributed by atoms with van der Waals surface area (Å²) in [5.74, 6) is 2.11. The van der Waals surface area contributed by atoms with Crippen molar-refractivity contribution < 1.29 is 4.74 Å². The van der Waals surface area contributed by atoms with Crippen LogP contribution in [0.25, 0.3) is 0 Å². The molecule has 3 aliphatic rings. The van der Waals surface area contributed by atoms with Gasteiger partial charge in [-0.15, -0.1) is 0 Å². The summed E-state index contributed by atoms with van der Waals surface area (Å²) in [5.41, 5.74) is 1.24. The SMILES string of the molecule is CC(C)O[C@H]1CC[C@H](N2CCC(N3CCC(c4ncc(C(C)C)cn4)CC3)CC2)CC1. The minimum Gasteiger partial charge on any atom is -0.376 e. The standard InChI is InChI=1S/C26H44N4O/c1-19(2)22-17-27-26(28-18-22)21-9-13-29(14-10-21)24-11-15-30(16-12-24)23-5-7-25(8-6-23)31-20(3)4/h17-21,23-25H,5-16H2,1-4H3/t23-,25-. The first-order valence-corrected chi connectivity index (χ1v) is 12.9. The first kappa shape index (κ1) is 23.1. The van der Waals surface area contributed by atoms with E-state index in [1.54, 1.807) is 0 Å². The highest BCUT2D eigenvalue weighted by Crippen LogP contribution is 2.32. The molecule has 1 aromatic heterocycles. The van der Waals surface area contributed by atoms with Gasteiger partial charge in [0, 0.05) is 30.4 Å². The van der Waals surface area contributed by atoms with Crippen molar-refractivity contribution >= 4 is 0 Å². The molecule has 0 bridgehead atoms. The number of piperidine rings is 2. The van der Waals surface area contributed by atoms with Crippen LogP contribution in [0.2, 0.25) is 0 Å². The van der Waals surface area contributed by atoms with Gasteiger partial charge in [-0.25, -0.2) is 9.97 Å². The van der Waals surface area contributed by atoms with E-state index in [2.05, 4.69) is 37.5 Å². The Balaban J connectivity index is 1.18. The highest BCUT2D eigenvalue weighted by Gasteiger charge is 2.33. The van der Waals surface area contributed by atoms with Gasteiger partial charge in [0.05, 0.1) is 12.2 Å². The molecular formula is C26H44N4O. The second-order valence-corrected chi connectivity index (χ2v) is 10.7. The minimum atomic E-state index is 0.368. The summed E-state index contributed by atoms with van der Waals surface area (Å²) in [4.78, 5) is 15.0. The Hall–Kier alpha value is -1.04. The fourth-order valence-corrected chi connectivity index (χ4v) is 5.93. The zero-order valence-electron chi connectivity index (χ0n) is 20.3. The Morgan fingerprint density at radius 3 is 1.77 bits per heavy atom. The summed E-state index contributed by atoms with van der Waals surface area (Å²) in [6.07, 6.45) is 15.2. The molecule has 2 aliphatic heterocycles. The lowest BCUT2D eigenvalue weighted by Gasteiger charge is -2.45. The van der Waals surface area contributed by atoms with Crippen LogP contribution < -0.4 is 0 Å². The molecule has 0 radical (unpaired) electrons. The van der Waals surface area contributed by atoms with E-state index in [1.807, 2.05) is 12.4 Å². The van der Waals surface area contributed by atoms with E-state index >= 15 is 0 Å². The normalized spacial score (nSPS) is 27.9. The average molecular weight is 429 g/mol. The van der Waals surface area contributed by atoms with E-state index in [0.717, 1.165) is 17.9 Å². The zero-order valence-corrected chi connectivity index (χ0v) is 20.3. The van der Waals surface area contributed by atoms with Crippen molar-refractivity contribution in [1.82, 2.24) is 19.8 Å². The molecule has 31 heavy (non-hydrogen) atoms. The van der Waals surface area contributed by atoms with Crippen LogP contribution in [0.3, 0.4) is 0 Å². The number of aromatic nitrogens is 2. The summed E-state index contributed by atoms with van der Waals surface area (Å²) in [5, 5.41) is 0. The van der Waals surface area contributed by atoms with Crippen LogP contribution in [0.1, 0.15) is 102 Å². The predicted molar refractivity (Wildman–Crippen MR) is 127 cm³/mol. The molecule has 0 spiro atoms. The number of rotatable bonds is 6. The maximum atomic E-state index is 6.05. The van der Waals surface area contributed by atoms with Crippen molar-refractivity contribution in [2.45, 2.75) is 115 Å². The summed E-state index contributed by atoms with van der Waals surface area (Å²) in [7, 11) is 0. The monoisotopic (exact) mass is 428 g/mol. The lowest BCUT2D eigenvalue weighted by molar-refractivity contribution is -0.0308. The smallest absolute Gasteiger partial charge is 0.131 e. The predicted octanol–water partition coefficient (Wildman–Crippen LogP) is 4.98. The summed E-state index contributed by atoms with van der Waals surface area (Å²) < 4.78 is 6.05. The van der Waals surface area contributed by atoms with E-state index in [-0.39, 0.29) is 0 Å². The molecule has 0 unspecified atom stereocenters. The van der Waals surface area contributed by atoms with Crippen LogP contribution in [0.15, 0.2) is 12.4 Å². The largest absolute Gasteiger partial charge is 0.376 e. The maximum Gasteiger partial charge on any atom is 0.131 e. The fourth-order valence-electron chi connectivity index (χ4n) is 5.93. The van der Waals surface area contributed by atoms with Crippen molar-refractivity contribution in [3.05, 3.63) is 23.8 Å². The first-order valence-electron chi connectivity index (χ1n) is 12.9. The summed E-state index contributed by atoms with van der Waals surface area (Å²) in [6, 6.07) is 1.58. The molecule has 5 heteroatoms. The van der Waals surface area contributed by atoms with Gasteiger partial charge in [-0.1, -0.05) is 13.8 Å². The Morgan fingerprint density at radius 1 is 0.742 bits per heavy atom. The third-order valence-corrected chi connectivity index (χ3v) is 7.89. The Labute approximate surface area is 190 Å². The van der Waals surface area contributed by atoms with Crippen LogP contribution in [-0.4, -0.2) is 70.2 Å². The molecular weight excluding hydrogens is 384 g/mol. The third-order valence-electron chi connectivity index (χ3n) is 7.89. The lowest BCUT2D eigenvalue weighted by atomic mass is 9.89. The number of hydrogen-bond donors (Lipinski definition) is 0. The molecule has 4 rings (SSSR count). The van der Waals surface area contributed by atoms with Crippen LogP contribution in [0, 0.1) is 0 Å².